The first-order valence-electron chi connectivity index (χ1n) is 3.63. The molecular formula is C7H14O4. The first kappa shape index (κ1) is 10.6. The fourth-order valence-electron chi connectivity index (χ4n) is 0.709. The standard InChI is InChI=1S/C7H14O4/c1-2-3-5(9)7(11)6(10)4-8/h6-8,10-11H,2-4H2,1H3. The number of Topliss-reactive ketones (excluding diaryl/α,β-unsaturated/α-hetero) is 1. The summed E-state index contributed by atoms with van der Waals surface area (Å²) in [6, 6.07) is 0. The SMILES string of the molecule is CCCC(=O)C(O)C(O)CO. The lowest BCUT2D eigenvalue weighted by Gasteiger charge is -2.13. The molecule has 2 unspecified atom stereocenters. The fraction of sp³-hybridized carbons (Fsp3) is 0.857. The summed E-state index contributed by atoms with van der Waals surface area (Å²) in [4.78, 5) is 10.8. The van der Waals surface area contributed by atoms with Gasteiger partial charge in [0.15, 0.2) is 5.78 Å². The first-order chi connectivity index (χ1) is 5.13. The van der Waals surface area contributed by atoms with Crippen LogP contribution in [0.25, 0.3) is 0 Å². The summed E-state index contributed by atoms with van der Waals surface area (Å²) in [5.41, 5.74) is 0. The Labute approximate surface area is 65.5 Å². The van der Waals surface area contributed by atoms with Crippen LogP contribution in [0.1, 0.15) is 19.8 Å². The van der Waals surface area contributed by atoms with Gasteiger partial charge in [-0.15, -0.1) is 0 Å². The first-order valence-corrected chi connectivity index (χ1v) is 3.63. The van der Waals surface area contributed by atoms with Crippen LogP contribution in [0.2, 0.25) is 0 Å². The van der Waals surface area contributed by atoms with Crippen molar-refractivity contribution < 1.29 is 20.1 Å². The fourth-order valence-corrected chi connectivity index (χ4v) is 0.709. The van der Waals surface area contributed by atoms with Gasteiger partial charge in [0.2, 0.25) is 0 Å². The molecule has 0 saturated carbocycles. The molecule has 0 aliphatic rings. The van der Waals surface area contributed by atoms with E-state index in [1.165, 1.54) is 0 Å². The Balaban J connectivity index is 3.80. The normalized spacial score (nSPS) is 16.0. The minimum Gasteiger partial charge on any atom is -0.394 e. The van der Waals surface area contributed by atoms with Crippen LogP contribution in [0.4, 0.5) is 0 Å². The number of rotatable bonds is 5. The minimum atomic E-state index is -1.43. The molecule has 0 heterocycles. The van der Waals surface area contributed by atoms with Crippen LogP contribution in [-0.4, -0.2) is 39.9 Å². The van der Waals surface area contributed by atoms with Gasteiger partial charge in [0, 0.05) is 6.42 Å². The summed E-state index contributed by atoms with van der Waals surface area (Å²) in [6.45, 7) is 1.21. The highest BCUT2D eigenvalue weighted by Crippen LogP contribution is 1.99. The van der Waals surface area contributed by atoms with E-state index in [0.717, 1.165) is 0 Å². The molecule has 3 N–H and O–H groups in total. The number of aliphatic hydroxyl groups is 3. The van der Waals surface area contributed by atoms with Gasteiger partial charge in [0.05, 0.1) is 6.61 Å². The molecule has 0 bridgehead atoms. The third-order valence-corrected chi connectivity index (χ3v) is 1.38. The minimum absolute atomic E-state index is 0.234. The maximum atomic E-state index is 10.8. The second-order valence-electron chi connectivity index (χ2n) is 2.41. The number of carbonyl (C=O) groups is 1. The third kappa shape index (κ3) is 3.46. The number of hydrogen-bond acceptors (Lipinski definition) is 4. The predicted octanol–water partition coefficient (Wildman–Crippen LogP) is -0.930. The van der Waals surface area contributed by atoms with Gasteiger partial charge in [-0.3, -0.25) is 4.79 Å². The van der Waals surface area contributed by atoms with Crippen LogP contribution in [0, 0.1) is 0 Å². The van der Waals surface area contributed by atoms with E-state index in [2.05, 4.69) is 0 Å². The largest absolute Gasteiger partial charge is 0.394 e. The van der Waals surface area contributed by atoms with Crippen LogP contribution >= 0.6 is 0 Å². The maximum absolute atomic E-state index is 10.8. The van der Waals surface area contributed by atoms with Crippen LogP contribution in [0.5, 0.6) is 0 Å². The van der Waals surface area contributed by atoms with Crippen molar-refractivity contribution in [3.8, 4) is 0 Å². The molecule has 0 aliphatic heterocycles. The van der Waals surface area contributed by atoms with E-state index in [9.17, 15) is 4.79 Å². The second-order valence-corrected chi connectivity index (χ2v) is 2.41. The van der Waals surface area contributed by atoms with E-state index >= 15 is 0 Å². The Kier molecular flexibility index (Phi) is 5.02. The van der Waals surface area contributed by atoms with Crippen molar-refractivity contribution in [2.45, 2.75) is 32.0 Å². The smallest absolute Gasteiger partial charge is 0.164 e. The quantitative estimate of drug-likeness (QED) is 0.488. The Morgan fingerprint density at radius 2 is 2.00 bits per heavy atom. The molecule has 0 aromatic heterocycles. The molecule has 0 aliphatic carbocycles. The molecule has 0 rings (SSSR count). The number of ketones is 1. The lowest BCUT2D eigenvalue weighted by atomic mass is 10.1. The molecule has 11 heavy (non-hydrogen) atoms. The van der Waals surface area contributed by atoms with Gasteiger partial charge < -0.3 is 15.3 Å². The predicted molar refractivity (Wildman–Crippen MR) is 39.0 cm³/mol. The Bertz CT molecular complexity index is 124. The summed E-state index contributed by atoms with van der Waals surface area (Å²) in [5, 5.41) is 26.1. The molecule has 66 valence electrons. The average Bonchev–Trinajstić information content (AvgIpc) is 2.02. The highest BCUT2D eigenvalue weighted by molar-refractivity contribution is 5.83. The Morgan fingerprint density at radius 3 is 2.36 bits per heavy atom. The summed E-state index contributed by atoms with van der Waals surface area (Å²) in [5.74, 6) is -0.422. The van der Waals surface area contributed by atoms with Crippen LogP contribution < -0.4 is 0 Å². The molecule has 0 aromatic rings. The lowest BCUT2D eigenvalue weighted by molar-refractivity contribution is -0.134. The molecule has 4 nitrogen and oxygen atoms in total. The zero-order chi connectivity index (χ0) is 8.85. The molecule has 0 aromatic carbocycles. The average molecular weight is 162 g/mol. The molecule has 4 heteroatoms. The zero-order valence-electron chi connectivity index (χ0n) is 6.53. The molecule has 2 atom stereocenters. The van der Waals surface area contributed by atoms with E-state index < -0.39 is 24.6 Å². The number of hydrogen-bond donors (Lipinski definition) is 3. The van der Waals surface area contributed by atoms with Crippen LogP contribution in [0.3, 0.4) is 0 Å². The Morgan fingerprint density at radius 1 is 1.45 bits per heavy atom. The van der Waals surface area contributed by atoms with E-state index in [1.807, 2.05) is 0 Å². The molecule has 0 spiro atoms. The maximum Gasteiger partial charge on any atom is 0.164 e. The van der Waals surface area contributed by atoms with Gasteiger partial charge in [-0.1, -0.05) is 6.92 Å². The van der Waals surface area contributed by atoms with E-state index in [0.29, 0.717) is 6.42 Å². The number of aliphatic hydroxyl groups excluding tert-OH is 3. The van der Waals surface area contributed by atoms with Crippen molar-refractivity contribution in [2.24, 2.45) is 0 Å². The van der Waals surface area contributed by atoms with Gasteiger partial charge in [-0.2, -0.15) is 0 Å². The van der Waals surface area contributed by atoms with Crippen molar-refractivity contribution in [2.75, 3.05) is 6.61 Å². The topological polar surface area (TPSA) is 77.8 Å². The van der Waals surface area contributed by atoms with Crippen molar-refractivity contribution in [1.29, 1.82) is 0 Å². The van der Waals surface area contributed by atoms with Gasteiger partial charge in [-0.05, 0) is 6.42 Å². The van der Waals surface area contributed by atoms with Crippen molar-refractivity contribution in [1.82, 2.24) is 0 Å². The van der Waals surface area contributed by atoms with Crippen molar-refractivity contribution in [3.63, 3.8) is 0 Å². The second kappa shape index (κ2) is 5.23. The van der Waals surface area contributed by atoms with E-state index in [4.69, 9.17) is 15.3 Å². The van der Waals surface area contributed by atoms with E-state index in [-0.39, 0.29) is 6.42 Å². The highest BCUT2D eigenvalue weighted by Gasteiger charge is 2.21. The molecule has 0 amide bonds. The van der Waals surface area contributed by atoms with Gasteiger partial charge >= 0.3 is 0 Å². The summed E-state index contributed by atoms with van der Waals surface area (Å²) in [6.07, 6.45) is -1.90. The Hall–Kier alpha value is -0.450. The molecule has 0 saturated heterocycles. The van der Waals surface area contributed by atoms with Gasteiger partial charge in [0.25, 0.3) is 0 Å². The van der Waals surface area contributed by atoms with Crippen LogP contribution in [-0.2, 0) is 4.79 Å². The molecular weight excluding hydrogens is 148 g/mol. The highest BCUT2D eigenvalue weighted by atomic mass is 16.4. The summed E-state index contributed by atoms with van der Waals surface area (Å²) >= 11 is 0. The third-order valence-electron chi connectivity index (χ3n) is 1.38. The zero-order valence-corrected chi connectivity index (χ0v) is 6.53. The molecule has 0 radical (unpaired) electrons. The van der Waals surface area contributed by atoms with Crippen LogP contribution in [0.15, 0.2) is 0 Å². The summed E-state index contributed by atoms with van der Waals surface area (Å²) < 4.78 is 0. The van der Waals surface area contributed by atoms with E-state index in [1.54, 1.807) is 6.92 Å². The van der Waals surface area contributed by atoms with Crippen molar-refractivity contribution in [3.05, 3.63) is 0 Å². The monoisotopic (exact) mass is 162 g/mol. The molecule has 0 fully saturated rings. The van der Waals surface area contributed by atoms with Gasteiger partial charge in [-0.25, -0.2) is 0 Å². The summed E-state index contributed by atoms with van der Waals surface area (Å²) in [7, 11) is 0. The lowest BCUT2D eigenvalue weighted by Crippen LogP contribution is -2.36. The van der Waals surface area contributed by atoms with Crippen molar-refractivity contribution >= 4 is 5.78 Å². The number of carbonyl (C=O) groups excluding carboxylic acids is 1. The van der Waals surface area contributed by atoms with Gasteiger partial charge in [0.1, 0.15) is 12.2 Å².